The number of carboxylic acids is 1. The fraction of sp³-hybridized carbons (Fsp3) is 0.133. The number of benzene rings is 2. The van der Waals surface area contributed by atoms with E-state index in [1.54, 1.807) is 25.1 Å². The highest BCUT2D eigenvalue weighted by Gasteiger charge is 2.19. The lowest BCUT2D eigenvalue weighted by Gasteiger charge is -2.12. The lowest BCUT2D eigenvalue weighted by atomic mass is 10.1. The zero-order chi connectivity index (χ0) is 16.5. The van der Waals surface area contributed by atoms with E-state index in [-0.39, 0.29) is 16.1 Å². The first-order valence-corrected chi connectivity index (χ1v) is 8.61. The van der Waals surface area contributed by atoms with Gasteiger partial charge in [-0.25, -0.2) is 13.2 Å². The maximum absolute atomic E-state index is 12.5. The zero-order valence-electron chi connectivity index (χ0n) is 11.9. The van der Waals surface area contributed by atoms with Gasteiger partial charge in [-0.05, 0) is 65.2 Å². The zero-order valence-corrected chi connectivity index (χ0v) is 14.3. The van der Waals surface area contributed by atoms with Crippen LogP contribution in [0.5, 0.6) is 0 Å². The fourth-order valence-corrected chi connectivity index (χ4v) is 4.20. The SMILES string of the molecule is Cc1ccc(S(=O)(=O)Nc2cc(C(=O)O)ccc2C)c(Br)c1. The third kappa shape index (κ3) is 3.48. The summed E-state index contributed by atoms with van der Waals surface area (Å²) in [6.07, 6.45) is 0. The molecule has 0 aromatic heterocycles. The second-order valence-corrected chi connectivity index (χ2v) is 7.38. The summed E-state index contributed by atoms with van der Waals surface area (Å²) in [4.78, 5) is 11.1. The topological polar surface area (TPSA) is 83.5 Å². The van der Waals surface area contributed by atoms with Crippen molar-refractivity contribution in [2.24, 2.45) is 0 Å². The molecule has 0 unspecified atom stereocenters. The Morgan fingerprint density at radius 2 is 1.82 bits per heavy atom. The van der Waals surface area contributed by atoms with Gasteiger partial charge in [-0.3, -0.25) is 4.72 Å². The maximum atomic E-state index is 12.5. The van der Waals surface area contributed by atoms with Crippen molar-refractivity contribution in [3.05, 3.63) is 57.6 Å². The molecule has 2 aromatic rings. The van der Waals surface area contributed by atoms with E-state index in [0.717, 1.165) is 5.56 Å². The largest absolute Gasteiger partial charge is 0.478 e. The van der Waals surface area contributed by atoms with Crippen LogP contribution < -0.4 is 4.72 Å². The van der Waals surface area contributed by atoms with E-state index in [1.807, 2.05) is 6.92 Å². The monoisotopic (exact) mass is 383 g/mol. The molecule has 22 heavy (non-hydrogen) atoms. The number of aromatic carboxylic acids is 1. The maximum Gasteiger partial charge on any atom is 0.335 e. The van der Waals surface area contributed by atoms with Gasteiger partial charge >= 0.3 is 5.97 Å². The Hall–Kier alpha value is -1.86. The van der Waals surface area contributed by atoms with Crippen molar-refractivity contribution in [3.8, 4) is 0 Å². The van der Waals surface area contributed by atoms with Crippen molar-refractivity contribution >= 4 is 37.6 Å². The minimum Gasteiger partial charge on any atom is -0.478 e. The first kappa shape index (κ1) is 16.5. The van der Waals surface area contributed by atoms with Gasteiger partial charge in [0.25, 0.3) is 10.0 Å². The highest BCUT2D eigenvalue weighted by molar-refractivity contribution is 9.10. The van der Waals surface area contributed by atoms with Crippen molar-refractivity contribution in [3.63, 3.8) is 0 Å². The predicted molar refractivity (Wildman–Crippen MR) is 87.8 cm³/mol. The Kier molecular flexibility index (Phi) is 4.58. The molecule has 0 heterocycles. The fourth-order valence-electron chi connectivity index (χ4n) is 1.89. The highest BCUT2D eigenvalue weighted by atomic mass is 79.9. The normalized spacial score (nSPS) is 11.2. The second kappa shape index (κ2) is 6.10. The number of nitrogens with one attached hydrogen (secondary N) is 1. The molecule has 2 N–H and O–H groups in total. The van der Waals surface area contributed by atoms with Crippen LogP contribution >= 0.6 is 15.9 Å². The van der Waals surface area contributed by atoms with E-state index in [2.05, 4.69) is 20.7 Å². The molecule has 0 spiro atoms. The first-order chi connectivity index (χ1) is 10.2. The van der Waals surface area contributed by atoms with Crippen LogP contribution in [-0.2, 0) is 10.0 Å². The Bertz CT molecular complexity index is 847. The third-order valence-electron chi connectivity index (χ3n) is 3.11. The molecule has 0 aliphatic rings. The molecule has 7 heteroatoms. The molecular formula is C15H14BrNO4S. The van der Waals surface area contributed by atoms with E-state index < -0.39 is 16.0 Å². The molecule has 0 bridgehead atoms. The summed E-state index contributed by atoms with van der Waals surface area (Å²) >= 11 is 3.24. The smallest absolute Gasteiger partial charge is 0.335 e. The number of hydrogen-bond donors (Lipinski definition) is 2. The van der Waals surface area contributed by atoms with Gasteiger partial charge in [-0.1, -0.05) is 12.1 Å². The average Bonchev–Trinajstić information content (AvgIpc) is 2.40. The number of sulfonamides is 1. The van der Waals surface area contributed by atoms with Gasteiger partial charge < -0.3 is 5.11 Å². The molecule has 0 saturated heterocycles. The predicted octanol–water partition coefficient (Wildman–Crippen LogP) is 3.56. The molecular weight excluding hydrogens is 370 g/mol. The number of aryl methyl sites for hydroxylation is 2. The van der Waals surface area contributed by atoms with Crippen molar-refractivity contribution in [2.45, 2.75) is 18.7 Å². The van der Waals surface area contributed by atoms with E-state index in [9.17, 15) is 13.2 Å². The number of hydrogen-bond acceptors (Lipinski definition) is 3. The molecule has 0 saturated carbocycles. The van der Waals surface area contributed by atoms with E-state index in [1.165, 1.54) is 18.2 Å². The van der Waals surface area contributed by atoms with Gasteiger partial charge in [0.05, 0.1) is 11.3 Å². The van der Waals surface area contributed by atoms with Crippen molar-refractivity contribution < 1.29 is 18.3 Å². The number of halogens is 1. The van der Waals surface area contributed by atoms with Crippen LogP contribution in [0.2, 0.25) is 0 Å². The number of anilines is 1. The Labute approximate surface area is 137 Å². The van der Waals surface area contributed by atoms with E-state index >= 15 is 0 Å². The first-order valence-electron chi connectivity index (χ1n) is 6.33. The molecule has 2 aromatic carbocycles. The quantitative estimate of drug-likeness (QED) is 0.844. The summed E-state index contributed by atoms with van der Waals surface area (Å²) in [5.41, 5.74) is 1.82. The van der Waals surface area contributed by atoms with Crippen molar-refractivity contribution in [1.82, 2.24) is 0 Å². The average molecular weight is 384 g/mol. The Balaban J connectivity index is 2.45. The summed E-state index contributed by atoms with van der Waals surface area (Å²) < 4.78 is 27.8. The number of carbonyl (C=O) groups is 1. The van der Waals surface area contributed by atoms with Crippen LogP contribution in [0, 0.1) is 13.8 Å². The van der Waals surface area contributed by atoms with Crippen LogP contribution in [0.3, 0.4) is 0 Å². The Morgan fingerprint density at radius 3 is 2.41 bits per heavy atom. The molecule has 0 amide bonds. The minimum absolute atomic E-state index is 0.0197. The molecule has 0 atom stereocenters. The van der Waals surface area contributed by atoms with Crippen LogP contribution in [0.4, 0.5) is 5.69 Å². The molecule has 116 valence electrons. The summed E-state index contributed by atoms with van der Waals surface area (Å²) in [5, 5.41) is 9.01. The highest BCUT2D eigenvalue weighted by Crippen LogP contribution is 2.26. The number of carboxylic acid groups (broad SMARTS) is 1. The molecule has 5 nitrogen and oxygen atoms in total. The van der Waals surface area contributed by atoms with Crippen LogP contribution in [0.1, 0.15) is 21.5 Å². The summed E-state index contributed by atoms with van der Waals surface area (Å²) in [5.74, 6) is -1.11. The standard InChI is InChI=1S/C15H14BrNO4S/c1-9-3-6-14(12(16)7-9)22(20,21)17-13-8-11(15(18)19)5-4-10(13)2/h3-8,17H,1-2H3,(H,18,19). The second-order valence-electron chi connectivity index (χ2n) is 4.87. The van der Waals surface area contributed by atoms with Crippen LogP contribution in [-0.4, -0.2) is 19.5 Å². The molecule has 0 aliphatic heterocycles. The van der Waals surface area contributed by atoms with Gasteiger partial charge in [0.1, 0.15) is 4.90 Å². The lowest BCUT2D eigenvalue weighted by Crippen LogP contribution is -2.15. The van der Waals surface area contributed by atoms with Gasteiger partial charge in [-0.2, -0.15) is 0 Å². The minimum atomic E-state index is -3.82. The molecule has 0 fully saturated rings. The van der Waals surface area contributed by atoms with Crippen molar-refractivity contribution in [2.75, 3.05) is 4.72 Å². The Morgan fingerprint density at radius 1 is 1.14 bits per heavy atom. The van der Waals surface area contributed by atoms with Gasteiger partial charge in [0, 0.05) is 4.47 Å². The van der Waals surface area contributed by atoms with Gasteiger partial charge in [-0.15, -0.1) is 0 Å². The van der Waals surface area contributed by atoms with Gasteiger partial charge in [0.2, 0.25) is 0 Å². The number of rotatable bonds is 4. The van der Waals surface area contributed by atoms with E-state index in [4.69, 9.17) is 5.11 Å². The summed E-state index contributed by atoms with van der Waals surface area (Å²) in [6.45, 7) is 3.56. The molecule has 0 aliphatic carbocycles. The van der Waals surface area contributed by atoms with Crippen LogP contribution in [0.15, 0.2) is 45.8 Å². The summed E-state index contributed by atoms with van der Waals surface area (Å²) in [6, 6.07) is 9.19. The molecule has 0 radical (unpaired) electrons. The van der Waals surface area contributed by atoms with Crippen molar-refractivity contribution in [1.29, 1.82) is 0 Å². The lowest BCUT2D eigenvalue weighted by molar-refractivity contribution is 0.0697. The third-order valence-corrected chi connectivity index (χ3v) is 5.45. The summed E-state index contributed by atoms with van der Waals surface area (Å²) in [7, 11) is -3.82. The van der Waals surface area contributed by atoms with Crippen LogP contribution in [0.25, 0.3) is 0 Å². The van der Waals surface area contributed by atoms with E-state index in [0.29, 0.717) is 10.0 Å². The molecule has 2 rings (SSSR count). The van der Waals surface area contributed by atoms with Gasteiger partial charge in [0.15, 0.2) is 0 Å².